The molecule has 0 aliphatic heterocycles. The molecule has 0 aliphatic carbocycles. The summed E-state index contributed by atoms with van der Waals surface area (Å²) < 4.78 is 2.12. The fraction of sp³-hybridized carbons (Fsp3) is 0.125. The molecular weight excluding hydrogens is 384 g/mol. The molecule has 3 aromatic carbocycles. The zero-order valence-electron chi connectivity index (χ0n) is 15.8. The molecule has 0 bridgehead atoms. The average molecular weight is 405 g/mol. The third-order valence-electron chi connectivity index (χ3n) is 4.97. The van der Waals surface area contributed by atoms with Crippen molar-refractivity contribution >= 4 is 28.5 Å². The number of nitrogens with one attached hydrogen (secondary N) is 1. The van der Waals surface area contributed by atoms with Crippen LogP contribution < -0.4 is 5.32 Å². The SMILES string of the molecule is O=C(O)Cc1cn(C(NCc2ccc(Cl)cc2)c2ccccc2)c2ccccc12. The third kappa shape index (κ3) is 4.34. The number of carboxylic acid groups (broad SMARTS) is 1. The van der Waals surface area contributed by atoms with Crippen molar-refractivity contribution in [1.29, 1.82) is 0 Å². The predicted octanol–water partition coefficient (Wildman–Crippen LogP) is 5.26. The van der Waals surface area contributed by atoms with E-state index in [2.05, 4.69) is 22.0 Å². The highest BCUT2D eigenvalue weighted by molar-refractivity contribution is 6.30. The van der Waals surface area contributed by atoms with Crippen molar-refractivity contribution in [1.82, 2.24) is 9.88 Å². The molecule has 146 valence electrons. The van der Waals surface area contributed by atoms with E-state index in [0.717, 1.165) is 27.6 Å². The molecule has 4 rings (SSSR count). The number of fused-ring (bicyclic) bond motifs is 1. The van der Waals surface area contributed by atoms with Gasteiger partial charge in [-0.2, -0.15) is 0 Å². The molecule has 0 amide bonds. The summed E-state index contributed by atoms with van der Waals surface area (Å²) in [7, 11) is 0. The van der Waals surface area contributed by atoms with Crippen LogP contribution in [0, 0.1) is 0 Å². The number of rotatable bonds is 7. The molecule has 4 nitrogen and oxygen atoms in total. The summed E-state index contributed by atoms with van der Waals surface area (Å²) in [6.07, 6.45) is 1.80. The Labute approximate surface area is 174 Å². The molecule has 0 spiro atoms. The number of aliphatic carboxylic acids is 1. The van der Waals surface area contributed by atoms with Gasteiger partial charge in [0.25, 0.3) is 0 Å². The number of halogens is 1. The van der Waals surface area contributed by atoms with E-state index in [-0.39, 0.29) is 12.6 Å². The number of benzene rings is 3. The second kappa shape index (κ2) is 8.52. The highest BCUT2D eigenvalue weighted by Crippen LogP contribution is 2.28. The summed E-state index contributed by atoms with van der Waals surface area (Å²) in [6.45, 7) is 0.650. The second-order valence-electron chi connectivity index (χ2n) is 6.97. The van der Waals surface area contributed by atoms with Crippen LogP contribution in [0.25, 0.3) is 10.9 Å². The monoisotopic (exact) mass is 404 g/mol. The maximum absolute atomic E-state index is 11.4. The number of nitrogens with zero attached hydrogens (tertiary/aromatic N) is 1. The van der Waals surface area contributed by atoms with Gasteiger partial charge in [-0.3, -0.25) is 10.1 Å². The molecule has 0 aliphatic rings. The van der Waals surface area contributed by atoms with Gasteiger partial charge in [-0.05, 0) is 34.9 Å². The van der Waals surface area contributed by atoms with E-state index in [4.69, 9.17) is 11.6 Å². The standard InChI is InChI=1S/C24H21ClN2O2/c25-20-12-10-17(11-13-20)15-26-24(18-6-2-1-3-7-18)27-16-19(14-23(28)29)21-8-4-5-9-22(21)27/h1-13,16,24,26H,14-15H2,(H,28,29). The van der Waals surface area contributed by atoms with Crippen molar-refractivity contribution in [2.45, 2.75) is 19.1 Å². The first kappa shape index (κ1) is 19.2. The summed E-state index contributed by atoms with van der Waals surface area (Å²) in [5.74, 6) is -0.835. The Morgan fingerprint density at radius 3 is 2.38 bits per heavy atom. The maximum Gasteiger partial charge on any atom is 0.307 e. The van der Waals surface area contributed by atoms with E-state index in [1.54, 1.807) is 0 Å². The maximum atomic E-state index is 11.4. The topological polar surface area (TPSA) is 54.3 Å². The minimum atomic E-state index is -0.835. The van der Waals surface area contributed by atoms with Gasteiger partial charge < -0.3 is 9.67 Å². The number of para-hydroxylation sites is 1. The molecular formula is C24H21ClN2O2. The van der Waals surface area contributed by atoms with Crippen LogP contribution in [0.4, 0.5) is 0 Å². The normalized spacial score (nSPS) is 12.2. The number of hydrogen-bond donors (Lipinski definition) is 2. The lowest BCUT2D eigenvalue weighted by Gasteiger charge is -2.22. The number of hydrogen-bond acceptors (Lipinski definition) is 2. The summed E-state index contributed by atoms with van der Waals surface area (Å²) in [6, 6.07) is 25.8. The molecule has 2 N–H and O–H groups in total. The molecule has 1 unspecified atom stereocenters. The lowest BCUT2D eigenvalue weighted by Crippen LogP contribution is -2.27. The van der Waals surface area contributed by atoms with E-state index < -0.39 is 5.97 Å². The van der Waals surface area contributed by atoms with Gasteiger partial charge in [0.05, 0.1) is 6.42 Å². The third-order valence-corrected chi connectivity index (χ3v) is 5.22. The van der Waals surface area contributed by atoms with Crippen LogP contribution >= 0.6 is 11.6 Å². The van der Waals surface area contributed by atoms with Gasteiger partial charge in [-0.1, -0.05) is 72.3 Å². The molecule has 5 heteroatoms. The largest absolute Gasteiger partial charge is 0.481 e. The Morgan fingerprint density at radius 1 is 0.966 bits per heavy atom. The highest BCUT2D eigenvalue weighted by atomic mass is 35.5. The van der Waals surface area contributed by atoms with Gasteiger partial charge in [0, 0.05) is 28.7 Å². The minimum absolute atomic E-state index is 0.00773. The number of aromatic nitrogens is 1. The predicted molar refractivity (Wildman–Crippen MR) is 116 cm³/mol. The van der Waals surface area contributed by atoms with Crippen molar-refractivity contribution in [3.63, 3.8) is 0 Å². The van der Waals surface area contributed by atoms with Gasteiger partial charge in [0.1, 0.15) is 6.17 Å². The molecule has 29 heavy (non-hydrogen) atoms. The van der Waals surface area contributed by atoms with Gasteiger partial charge >= 0.3 is 5.97 Å². The van der Waals surface area contributed by atoms with Crippen LogP contribution in [0.3, 0.4) is 0 Å². The fourth-order valence-corrected chi connectivity index (χ4v) is 3.75. The quantitative estimate of drug-likeness (QED) is 0.442. The van der Waals surface area contributed by atoms with E-state index in [0.29, 0.717) is 11.6 Å². The van der Waals surface area contributed by atoms with Crippen molar-refractivity contribution in [2.75, 3.05) is 0 Å². The lowest BCUT2D eigenvalue weighted by molar-refractivity contribution is -0.136. The van der Waals surface area contributed by atoms with Gasteiger partial charge in [-0.15, -0.1) is 0 Å². The Morgan fingerprint density at radius 2 is 1.66 bits per heavy atom. The first-order valence-corrected chi connectivity index (χ1v) is 9.82. The summed E-state index contributed by atoms with van der Waals surface area (Å²) in [4.78, 5) is 11.4. The van der Waals surface area contributed by atoms with Gasteiger partial charge in [0.15, 0.2) is 0 Å². The Hall–Kier alpha value is -3.08. The van der Waals surface area contributed by atoms with Crippen molar-refractivity contribution in [3.05, 3.63) is 107 Å². The second-order valence-corrected chi connectivity index (χ2v) is 7.41. The average Bonchev–Trinajstić information content (AvgIpc) is 3.08. The summed E-state index contributed by atoms with van der Waals surface area (Å²) >= 11 is 6.00. The number of carboxylic acids is 1. The molecule has 1 atom stereocenters. The van der Waals surface area contributed by atoms with E-state index in [1.807, 2.05) is 72.9 Å². The van der Waals surface area contributed by atoms with Crippen LogP contribution in [0.15, 0.2) is 85.1 Å². The molecule has 0 saturated carbocycles. The van der Waals surface area contributed by atoms with Crippen molar-refractivity contribution < 1.29 is 9.90 Å². The highest BCUT2D eigenvalue weighted by Gasteiger charge is 2.18. The van der Waals surface area contributed by atoms with Crippen LogP contribution in [-0.4, -0.2) is 15.6 Å². The molecule has 0 saturated heterocycles. The Kier molecular flexibility index (Phi) is 5.65. The lowest BCUT2D eigenvalue weighted by atomic mass is 10.1. The summed E-state index contributed by atoms with van der Waals surface area (Å²) in [5, 5.41) is 14.6. The molecule has 1 aromatic heterocycles. The Bertz CT molecular complexity index is 1120. The van der Waals surface area contributed by atoms with E-state index in [1.165, 1.54) is 0 Å². The molecule has 4 aromatic rings. The van der Waals surface area contributed by atoms with Crippen LogP contribution in [0.2, 0.25) is 5.02 Å². The van der Waals surface area contributed by atoms with Gasteiger partial charge in [0.2, 0.25) is 0 Å². The minimum Gasteiger partial charge on any atom is -0.481 e. The van der Waals surface area contributed by atoms with Crippen LogP contribution in [0.5, 0.6) is 0 Å². The zero-order valence-corrected chi connectivity index (χ0v) is 16.5. The van der Waals surface area contributed by atoms with E-state index in [9.17, 15) is 9.90 Å². The molecule has 0 fully saturated rings. The zero-order chi connectivity index (χ0) is 20.2. The van der Waals surface area contributed by atoms with Crippen LogP contribution in [-0.2, 0) is 17.8 Å². The molecule has 1 heterocycles. The smallest absolute Gasteiger partial charge is 0.307 e. The first-order valence-electron chi connectivity index (χ1n) is 9.45. The van der Waals surface area contributed by atoms with Gasteiger partial charge in [-0.25, -0.2) is 0 Å². The summed E-state index contributed by atoms with van der Waals surface area (Å²) in [5.41, 5.74) is 4.03. The van der Waals surface area contributed by atoms with Crippen LogP contribution in [0.1, 0.15) is 22.9 Å². The van der Waals surface area contributed by atoms with Crippen molar-refractivity contribution in [3.8, 4) is 0 Å². The van der Waals surface area contributed by atoms with Crippen molar-refractivity contribution in [2.24, 2.45) is 0 Å². The first-order chi connectivity index (χ1) is 14.1. The fourth-order valence-electron chi connectivity index (χ4n) is 3.62. The molecule has 0 radical (unpaired) electrons. The Balaban J connectivity index is 1.75. The van der Waals surface area contributed by atoms with E-state index >= 15 is 0 Å². The number of carbonyl (C=O) groups is 1.